The molecule has 7 heteroatoms. The zero-order valence-electron chi connectivity index (χ0n) is 14.5. The summed E-state index contributed by atoms with van der Waals surface area (Å²) in [6.45, 7) is 5.00. The van der Waals surface area contributed by atoms with E-state index in [-0.39, 0.29) is 12.6 Å². The predicted molar refractivity (Wildman–Crippen MR) is 94.9 cm³/mol. The Hall–Kier alpha value is -2.25. The molecule has 2 amide bonds. The second-order valence-corrected chi connectivity index (χ2v) is 6.29. The number of hydrogen-bond acceptors (Lipinski definition) is 4. The average Bonchev–Trinajstić information content (AvgIpc) is 3.00. The average molecular weight is 347 g/mol. The standard InChI is InChI=1S/C18H25N3O4/c1-13-10-14-11-16(2-3-17(14)20-13)25-12-15(22)4-5-19-18(23)21-6-8-24-9-7-21/h2-3,10-11,15,20,22H,4-9,12H2,1H3,(H,19,23)/t15-/m0/s1. The van der Waals surface area contributed by atoms with Gasteiger partial charge in [0.05, 0.1) is 19.3 Å². The minimum Gasteiger partial charge on any atom is -0.491 e. The van der Waals surface area contributed by atoms with Crippen molar-refractivity contribution in [2.45, 2.75) is 19.4 Å². The van der Waals surface area contributed by atoms with E-state index >= 15 is 0 Å². The summed E-state index contributed by atoms with van der Waals surface area (Å²) in [5.41, 5.74) is 2.17. The van der Waals surface area contributed by atoms with Crippen LogP contribution in [0.4, 0.5) is 4.79 Å². The molecule has 1 atom stereocenters. The van der Waals surface area contributed by atoms with E-state index in [4.69, 9.17) is 9.47 Å². The molecule has 7 nitrogen and oxygen atoms in total. The van der Waals surface area contributed by atoms with Crippen LogP contribution < -0.4 is 10.1 Å². The highest BCUT2D eigenvalue weighted by Gasteiger charge is 2.16. The fourth-order valence-electron chi connectivity index (χ4n) is 2.85. The zero-order valence-corrected chi connectivity index (χ0v) is 14.5. The lowest BCUT2D eigenvalue weighted by Gasteiger charge is -2.27. The molecule has 0 radical (unpaired) electrons. The first-order valence-electron chi connectivity index (χ1n) is 8.62. The number of aliphatic hydroxyl groups is 1. The van der Waals surface area contributed by atoms with E-state index in [1.807, 2.05) is 25.1 Å². The highest BCUT2D eigenvalue weighted by Crippen LogP contribution is 2.21. The van der Waals surface area contributed by atoms with Crippen molar-refractivity contribution in [3.8, 4) is 5.75 Å². The van der Waals surface area contributed by atoms with Gasteiger partial charge in [-0.25, -0.2) is 4.79 Å². The molecule has 136 valence electrons. The number of aromatic nitrogens is 1. The molecule has 1 aromatic heterocycles. The van der Waals surface area contributed by atoms with E-state index in [0.717, 1.165) is 22.3 Å². The highest BCUT2D eigenvalue weighted by atomic mass is 16.5. The number of urea groups is 1. The van der Waals surface area contributed by atoms with Gasteiger partial charge in [0.1, 0.15) is 12.4 Å². The monoisotopic (exact) mass is 347 g/mol. The minimum atomic E-state index is -0.631. The molecule has 3 rings (SSSR count). The van der Waals surface area contributed by atoms with Crippen molar-refractivity contribution in [1.29, 1.82) is 0 Å². The maximum atomic E-state index is 11.9. The van der Waals surface area contributed by atoms with Crippen LogP contribution in [0.5, 0.6) is 5.75 Å². The van der Waals surface area contributed by atoms with Crippen LogP contribution in [-0.2, 0) is 4.74 Å². The van der Waals surface area contributed by atoms with E-state index < -0.39 is 6.10 Å². The van der Waals surface area contributed by atoms with Crippen molar-refractivity contribution in [1.82, 2.24) is 15.2 Å². The summed E-state index contributed by atoms with van der Waals surface area (Å²) in [6.07, 6.45) is -0.185. The molecular weight excluding hydrogens is 322 g/mol. The molecule has 1 fully saturated rings. The Kier molecular flexibility index (Phi) is 5.78. The van der Waals surface area contributed by atoms with Crippen LogP contribution in [-0.4, -0.2) is 66.6 Å². The number of fused-ring (bicyclic) bond motifs is 1. The fraction of sp³-hybridized carbons (Fsp3) is 0.500. The van der Waals surface area contributed by atoms with Crippen LogP contribution in [0.2, 0.25) is 0 Å². The molecule has 0 bridgehead atoms. The van der Waals surface area contributed by atoms with Crippen molar-refractivity contribution >= 4 is 16.9 Å². The lowest BCUT2D eigenvalue weighted by Crippen LogP contribution is -2.46. The van der Waals surface area contributed by atoms with Gasteiger partial charge in [-0.3, -0.25) is 0 Å². The maximum Gasteiger partial charge on any atom is 0.317 e. The van der Waals surface area contributed by atoms with Crippen LogP contribution >= 0.6 is 0 Å². The summed E-state index contributed by atoms with van der Waals surface area (Å²) in [5, 5.41) is 13.9. The van der Waals surface area contributed by atoms with Gasteiger partial charge < -0.3 is 29.8 Å². The number of rotatable bonds is 6. The number of H-pyrrole nitrogens is 1. The summed E-state index contributed by atoms with van der Waals surface area (Å²) < 4.78 is 10.9. The lowest BCUT2D eigenvalue weighted by molar-refractivity contribution is 0.0525. The number of hydrogen-bond donors (Lipinski definition) is 3. The second-order valence-electron chi connectivity index (χ2n) is 6.29. The van der Waals surface area contributed by atoms with Gasteiger partial charge in [0.15, 0.2) is 0 Å². The quantitative estimate of drug-likeness (QED) is 0.741. The molecule has 2 heterocycles. The van der Waals surface area contributed by atoms with Crippen LogP contribution in [0.3, 0.4) is 0 Å². The van der Waals surface area contributed by atoms with Crippen molar-refractivity contribution in [3.63, 3.8) is 0 Å². The Morgan fingerprint density at radius 3 is 3.00 bits per heavy atom. The Labute approximate surface area is 146 Å². The number of nitrogens with one attached hydrogen (secondary N) is 2. The number of carbonyl (C=O) groups is 1. The van der Waals surface area contributed by atoms with E-state index in [9.17, 15) is 9.90 Å². The van der Waals surface area contributed by atoms with Crippen molar-refractivity contribution in [3.05, 3.63) is 30.0 Å². The zero-order chi connectivity index (χ0) is 17.6. The Balaban J connectivity index is 1.38. The third-order valence-corrected chi connectivity index (χ3v) is 4.22. The Morgan fingerprint density at radius 2 is 2.20 bits per heavy atom. The minimum absolute atomic E-state index is 0.107. The number of ether oxygens (including phenoxy) is 2. The van der Waals surface area contributed by atoms with Crippen molar-refractivity contribution in [2.75, 3.05) is 39.5 Å². The normalized spacial score (nSPS) is 16.0. The number of nitrogens with zero attached hydrogens (tertiary/aromatic N) is 1. The molecule has 0 saturated carbocycles. The van der Waals surface area contributed by atoms with Gasteiger partial charge in [0.2, 0.25) is 0 Å². The van der Waals surface area contributed by atoms with Crippen molar-refractivity contribution in [2.24, 2.45) is 0 Å². The van der Waals surface area contributed by atoms with E-state index in [2.05, 4.69) is 16.4 Å². The number of aromatic amines is 1. The number of amides is 2. The Morgan fingerprint density at radius 1 is 1.40 bits per heavy atom. The van der Waals surface area contributed by atoms with E-state index in [1.54, 1.807) is 4.90 Å². The summed E-state index contributed by atoms with van der Waals surface area (Å²) in [6, 6.07) is 7.74. The first-order valence-corrected chi connectivity index (χ1v) is 8.62. The number of morpholine rings is 1. The van der Waals surface area contributed by atoms with Gasteiger partial charge in [-0.1, -0.05) is 0 Å². The van der Waals surface area contributed by atoms with Crippen LogP contribution in [0, 0.1) is 6.92 Å². The van der Waals surface area contributed by atoms with Gasteiger partial charge in [-0.2, -0.15) is 0 Å². The lowest BCUT2D eigenvalue weighted by atomic mass is 10.2. The smallest absolute Gasteiger partial charge is 0.317 e. The molecule has 3 N–H and O–H groups in total. The van der Waals surface area contributed by atoms with E-state index in [1.165, 1.54) is 0 Å². The molecule has 1 aliphatic rings. The van der Waals surface area contributed by atoms with Crippen LogP contribution in [0.1, 0.15) is 12.1 Å². The summed E-state index contributed by atoms with van der Waals surface area (Å²) in [7, 11) is 0. The third kappa shape index (κ3) is 4.87. The van der Waals surface area contributed by atoms with Gasteiger partial charge in [-0.05, 0) is 37.6 Å². The molecule has 25 heavy (non-hydrogen) atoms. The summed E-state index contributed by atoms with van der Waals surface area (Å²) in [5.74, 6) is 0.725. The molecule has 0 unspecified atom stereocenters. The number of benzene rings is 1. The topological polar surface area (TPSA) is 86.8 Å². The highest BCUT2D eigenvalue weighted by molar-refractivity contribution is 5.81. The molecule has 1 aliphatic heterocycles. The van der Waals surface area contributed by atoms with Gasteiger partial charge in [-0.15, -0.1) is 0 Å². The third-order valence-electron chi connectivity index (χ3n) is 4.22. The second kappa shape index (κ2) is 8.22. The molecule has 2 aromatic rings. The predicted octanol–water partition coefficient (Wildman–Crippen LogP) is 1.65. The van der Waals surface area contributed by atoms with Gasteiger partial charge >= 0.3 is 6.03 Å². The molecule has 0 aliphatic carbocycles. The van der Waals surface area contributed by atoms with E-state index in [0.29, 0.717) is 39.3 Å². The number of carbonyl (C=O) groups excluding carboxylic acids is 1. The van der Waals surface area contributed by atoms with Crippen LogP contribution in [0.15, 0.2) is 24.3 Å². The van der Waals surface area contributed by atoms with Gasteiger partial charge in [0.25, 0.3) is 0 Å². The number of aliphatic hydroxyl groups excluding tert-OH is 1. The number of aryl methyl sites for hydroxylation is 1. The fourth-order valence-corrected chi connectivity index (χ4v) is 2.85. The summed E-state index contributed by atoms with van der Waals surface area (Å²) in [4.78, 5) is 16.9. The van der Waals surface area contributed by atoms with Gasteiger partial charge in [0, 0.05) is 36.2 Å². The first kappa shape index (κ1) is 17.6. The van der Waals surface area contributed by atoms with Crippen molar-refractivity contribution < 1.29 is 19.4 Å². The van der Waals surface area contributed by atoms with Crippen LogP contribution in [0.25, 0.3) is 10.9 Å². The molecule has 1 aromatic carbocycles. The first-order chi connectivity index (χ1) is 12.1. The molecular formula is C18H25N3O4. The summed E-state index contributed by atoms with van der Waals surface area (Å²) >= 11 is 0. The Bertz CT molecular complexity index is 709. The molecule has 1 saturated heterocycles. The largest absolute Gasteiger partial charge is 0.491 e. The molecule has 0 spiro atoms. The maximum absolute atomic E-state index is 11.9. The SMILES string of the molecule is Cc1cc2cc(OC[C@@H](O)CCNC(=O)N3CCOCC3)ccc2[nH]1.